The van der Waals surface area contributed by atoms with Gasteiger partial charge in [0.15, 0.2) is 0 Å². The largest absolute Gasteiger partial charge is 0.379 e. The fourth-order valence-corrected chi connectivity index (χ4v) is 3.11. The van der Waals surface area contributed by atoms with Crippen molar-refractivity contribution in [2.45, 2.75) is 11.8 Å². The van der Waals surface area contributed by atoms with Crippen LogP contribution in [0.4, 0.5) is 0 Å². The summed E-state index contributed by atoms with van der Waals surface area (Å²) in [5.41, 5.74) is 0.939. The highest BCUT2D eigenvalue weighted by Gasteiger charge is 2.18. The minimum absolute atomic E-state index is 0.114. The molecular formula is C13H11O3SSi. The van der Waals surface area contributed by atoms with Crippen LogP contribution in [0.25, 0.3) is 0 Å². The zero-order chi connectivity index (χ0) is 13.2. The zero-order valence-corrected chi connectivity index (χ0v) is 11.6. The Morgan fingerprint density at radius 1 is 1.06 bits per heavy atom. The molecule has 0 aliphatic carbocycles. The Morgan fingerprint density at radius 2 is 1.78 bits per heavy atom. The summed E-state index contributed by atoms with van der Waals surface area (Å²) in [6.45, 7) is 1.87. The quantitative estimate of drug-likeness (QED) is 0.630. The van der Waals surface area contributed by atoms with Crippen LogP contribution in [0.2, 0.25) is 0 Å². The molecule has 2 rings (SSSR count). The van der Waals surface area contributed by atoms with Crippen LogP contribution in [-0.2, 0) is 10.1 Å². The average molecular weight is 275 g/mol. The van der Waals surface area contributed by atoms with Crippen molar-refractivity contribution in [3.63, 3.8) is 0 Å². The van der Waals surface area contributed by atoms with Gasteiger partial charge in [-0.05, 0) is 35.9 Å². The third-order valence-electron chi connectivity index (χ3n) is 2.35. The molecule has 91 valence electrons. The molecule has 0 amide bonds. The average Bonchev–Trinajstić information content (AvgIpc) is 2.28. The van der Waals surface area contributed by atoms with E-state index in [1.807, 2.05) is 13.0 Å². The molecule has 3 nitrogen and oxygen atoms in total. The Kier molecular flexibility index (Phi) is 3.54. The van der Waals surface area contributed by atoms with Gasteiger partial charge in [-0.1, -0.05) is 30.3 Å². The van der Waals surface area contributed by atoms with Gasteiger partial charge >= 0.3 is 10.1 Å². The first-order valence-electron chi connectivity index (χ1n) is 5.31. The summed E-state index contributed by atoms with van der Waals surface area (Å²) < 4.78 is 29.3. The van der Waals surface area contributed by atoms with Crippen LogP contribution in [0.15, 0.2) is 53.4 Å². The summed E-state index contributed by atoms with van der Waals surface area (Å²) in [5, 5.41) is 0.477. The van der Waals surface area contributed by atoms with E-state index in [-0.39, 0.29) is 4.90 Å². The molecule has 3 radical (unpaired) electrons. The van der Waals surface area contributed by atoms with Gasteiger partial charge in [0.2, 0.25) is 0 Å². The first-order valence-corrected chi connectivity index (χ1v) is 7.22. The molecule has 0 fully saturated rings. The van der Waals surface area contributed by atoms with Gasteiger partial charge in [0.25, 0.3) is 0 Å². The predicted molar refractivity (Wildman–Crippen MR) is 70.8 cm³/mol. The van der Waals surface area contributed by atoms with Crippen LogP contribution in [0.3, 0.4) is 0 Å². The van der Waals surface area contributed by atoms with Crippen molar-refractivity contribution in [3.8, 4) is 5.75 Å². The second kappa shape index (κ2) is 4.95. The van der Waals surface area contributed by atoms with Crippen molar-refractivity contribution in [2.24, 2.45) is 0 Å². The lowest BCUT2D eigenvalue weighted by Gasteiger charge is -2.09. The van der Waals surface area contributed by atoms with Crippen LogP contribution in [0, 0.1) is 6.92 Å². The lowest BCUT2D eigenvalue weighted by atomic mass is 10.2. The van der Waals surface area contributed by atoms with E-state index in [9.17, 15) is 8.42 Å². The molecule has 0 aromatic heterocycles. The van der Waals surface area contributed by atoms with Crippen molar-refractivity contribution in [2.75, 3.05) is 0 Å². The molecule has 0 saturated heterocycles. The summed E-state index contributed by atoms with van der Waals surface area (Å²) >= 11 is 0. The maximum absolute atomic E-state index is 12.1. The molecule has 0 saturated carbocycles. The molecule has 0 aliphatic rings. The van der Waals surface area contributed by atoms with E-state index in [0.717, 1.165) is 5.56 Å². The van der Waals surface area contributed by atoms with Gasteiger partial charge in [0.1, 0.15) is 10.6 Å². The first kappa shape index (κ1) is 12.9. The van der Waals surface area contributed by atoms with Crippen molar-refractivity contribution in [1.29, 1.82) is 0 Å². The number of aryl methyl sites for hydroxylation is 1. The van der Waals surface area contributed by atoms with Gasteiger partial charge < -0.3 is 4.18 Å². The predicted octanol–water partition coefficient (Wildman–Crippen LogP) is 1.56. The van der Waals surface area contributed by atoms with Crippen LogP contribution in [0.5, 0.6) is 5.75 Å². The van der Waals surface area contributed by atoms with E-state index in [4.69, 9.17) is 4.18 Å². The van der Waals surface area contributed by atoms with Gasteiger partial charge in [0, 0.05) is 0 Å². The molecule has 18 heavy (non-hydrogen) atoms. The number of hydrogen-bond acceptors (Lipinski definition) is 3. The van der Waals surface area contributed by atoms with Gasteiger partial charge in [-0.15, -0.1) is 0 Å². The van der Waals surface area contributed by atoms with Gasteiger partial charge in [-0.3, -0.25) is 0 Å². The van der Waals surface area contributed by atoms with Crippen molar-refractivity contribution in [3.05, 3.63) is 54.1 Å². The second-order valence-electron chi connectivity index (χ2n) is 3.85. The van der Waals surface area contributed by atoms with E-state index in [1.54, 1.807) is 36.4 Å². The lowest BCUT2D eigenvalue weighted by Crippen LogP contribution is -2.19. The fraction of sp³-hybridized carbons (Fsp3) is 0.0769. The highest BCUT2D eigenvalue weighted by molar-refractivity contribution is 7.87. The molecule has 2 aromatic carbocycles. The van der Waals surface area contributed by atoms with Crippen LogP contribution in [-0.4, -0.2) is 18.7 Å². The number of rotatable bonds is 3. The van der Waals surface area contributed by atoms with E-state index < -0.39 is 10.1 Å². The Morgan fingerprint density at radius 3 is 2.44 bits per heavy atom. The molecule has 0 heterocycles. The minimum Gasteiger partial charge on any atom is -0.379 e. The van der Waals surface area contributed by atoms with Crippen molar-refractivity contribution < 1.29 is 12.6 Å². The fourth-order valence-electron chi connectivity index (χ4n) is 1.52. The molecule has 2 aromatic rings. The first-order chi connectivity index (χ1) is 8.49. The molecule has 0 atom stereocenters. The van der Waals surface area contributed by atoms with E-state index >= 15 is 0 Å². The summed E-state index contributed by atoms with van der Waals surface area (Å²) in [6.07, 6.45) is 0. The Labute approximate surface area is 110 Å². The Hall–Kier alpha value is -1.59. The molecule has 0 N–H and O–H groups in total. The number of hydrogen-bond donors (Lipinski definition) is 0. The third kappa shape index (κ3) is 2.80. The third-order valence-corrected chi connectivity index (χ3v) is 4.28. The lowest BCUT2D eigenvalue weighted by molar-refractivity contribution is 0.486. The SMILES string of the molecule is Cc1cccc(OS(=O)(=O)c2ccccc2[Si])c1. The van der Waals surface area contributed by atoms with Crippen LogP contribution in [0.1, 0.15) is 5.56 Å². The molecule has 0 bridgehead atoms. The topological polar surface area (TPSA) is 43.4 Å². The molecule has 0 spiro atoms. The Bertz CT molecular complexity index is 665. The van der Waals surface area contributed by atoms with E-state index in [0.29, 0.717) is 10.9 Å². The molecular weight excluding hydrogens is 264 g/mol. The van der Waals surface area contributed by atoms with Crippen LogP contribution < -0.4 is 9.37 Å². The summed E-state index contributed by atoms with van der Waals surface area (Å²) in [6, 6.07) is 13.5. The molecule has 0 aliphatic heterocycles. The highest BCUT2D eigenvalue weighted by atomic mass is 32.2. The smallest absolute Gasteiger partial charge is 0.339 e. The molecule has 0 unspecified atom stereocenters. The summed E-state index contributed by atoms with van der Waals surface area (Å²) in [4.78, 5) is 0.114. The van der Waals surface area contributed by atoms with Crippen LogP contribution >= 0.6 is 0 Å². The van der Waals surface area contributed by atoms with Crippen molar-refractivity contribution >= 4 is 25.5 Å². The van der Waals surface area contributed by atoms with Crippen molar-refractivity contribution in [1.82, 2.24) is 0 Å². The van der Waals surface area contributed by atoms with E-state index in [1.165, 1.54) is 6.07 Å². The Balaban J connectivity index is 2.37. The van der Waals surface area contributed by atoms with E-state index in [2.05, 4.69) is 10.2 Å². The monoisotopic (exact) mass is 275 g/mol. The minimum atomic E-state index is -3.81. The summed E-state index contributed by atoms with van der Waals surface area (Å²) in [5.74, 6) is 0.310. The standard InChI is InChI=1S/C13H11O3SSi/c1-10-5-4-6-11(9-10)16-17(14,15)12-7-2-3-8-13(12)18/h2-9H,1H3. The highest BCUT2D eigenvalue weighted by Crippen LogP contribution is 2.18. The second-order valence-corrected chi connectivity index (χ2v) is 5.90. The number of benzene rings is 2. The van der Waals surface area contributed by atoms with Gasteiger partial charge in [-0.2, -0.15) is 8.42 Å². The maximum atomic E-state index is 12.1. The maximum Gasteiger partial charge on any atom is 0.339 e. The van der Waals surface area contributed by atoms with Gasteiger partial charge in [-0.25, -0.2) is 0 Å². The van der Waals surface area contributed by atoms with Gasteiger partial charge in [0.05, 0.1) is 10.2 Å². The summed E-state index contributed by atoms with van der Waals surface area (Å²) in [7, 11) is -0.555. The molecule has 5 heteroatoms. The zero-order valence-electron chi connectivity index (χ0n) is 9.75. The normalized spacial score (nSPS) is 11.2.